The fourth-order valence-corrected chi connectivity index (χ4v) is 4.49. The van der Waals surface area contributed by atoms with Crippen LogP contribution < -0.4 is 0 Å². The SMILES string of the molecule is CC12C(=O)N(N=Cc3ccc(Cl)cc3)CC(=O)N1CCc1c2[nH]c2ccccc12. The van der Waals surface area contributed by atoms with Gasteiger partial charge in [-0.2, -0.15) is 5.10 Å². The zero-order valence-corrected chi connectivity index (χ0v) is 16.6. The number of piperazine rings is 1. The van der Waals surface area contributed by atoms with E-state index < -0.39 is 5.54 Å². The third kappa shape index (κ3) is 2.67. The van der Waals surface area contributed by atoms with E-state index >= 15 is 0 Å². The molecule has 2 aromatic carbocycles. The number of benzene rings is 2. The number of aromatic nitrogens is 1. The average Bonchev–Trinajstić information content (AvgIpc) is 3.11. The highest BCUT2D eigenvalue weighted by molar-refractivity contribution is 6.30. The van der Waals surface area contributed by atoms with Crippen LogP contribution in [0, 0.1) is 0 Å². The van der Waals surface area contributed by atoms with E-state index in [-0.39, 0.29) is 18.4 Å². The quantitative estimate of drug-likeness (QED) is 0.663. The predicted octanol–water partition coefficient (Wildman–Crippen LogP) is 3.30. The Bertz CT molecular complexity index is 1170. The minimum absolute atomic E-state index is 0.0614. The Hall–Kier alpha value is -3.12. The van der Waals surface area contributed by atoms with Crippen molar-refractivity contribution < 1.29 is 9.59 Å². The molecule has 3 heterocycles. The number of nitrogens with zero attached hydrogens (tertiary/aromatic N) is 3. The fraction of sp³-hybridized carbons (Fsp3) is 0.227. The smallest absolute Gasteiger partial charge is 0.275 e. The normalized spacial score (nSPS) is 21.7. The topological polar surface area (TPSA) is 68.8 Å². The van der Waals surface area contributed by atoms with Gasteiger partial charge in [0.2, 0.25) is 5.91 Å². The maximum absolute atomic E-state index is 13.5. The molecular weight excluding hydrogens is 388 g/mol. The number of halogens is 1. The zero-order chi connectivity index (χ0) is 20.2. The summed E-state index contributed by atoms with van der Waals surface area (Å²) in [5, 5.41) is 7.33. The summed E-state index contributed by atoms with van der Waals surface area (Å²) in [6.07, 6.45) is 2.30. The molecule has 1 fully saturated rings. The summed E-state index contributed by atoms with van der Waals surface area (Å²) < 4.78 is 0. The van der Waals surface area contributed by atoms with Crippen molar-refractivity contribution in [3.63, 3.8) is 0 Å². The van der Waals surface area contributed by atoms with E-state index in [4.69, 9.17) is 11.6 Å². The maximum Gasteiger partial charge on any atom is 0.275 e. The third-order valence-corrected chi connectivity index (χ3v) is 6.13. The van der Waals surface area contributed by atoms with E-state index in [0.29, 0.717) is 11.6 Å². The second kappa shape index (κ2) is 6.46. The largest absolute Gasteiger partial charge is 0.356 e. The molecule has 1 aromatic heterocycles. The molecule has 1 N–H and O–H groups in total. The summed E-state index contributed by atoms with van der Waals surface area (Å²) >= 11 is 5.92. The van der Waals surface area contributed by atoms with Gasteiger partial charge in [-0.25, -0.2) is 5.01 Å². The van der Waals surface area contributed by atoms with Crippen molar-refractivity contribution in [2.75, 3.05) is 13.1 Å². The van der Waals surface area contributed by atoms with Crippen molar-refractivity contribution in [1.82, 2.24) is 14.9 Å². The fourth-order valence-electron chi connectivity index (χ4n) is 4.37. The first-order valence-electron chi connectivity index (χ1n) is 9.50. The van der Waals surface area contributed by atoms with E-state index in [1.807, 2.05) is 37.3 Å². The van der Waals surface area contributed by atoms with Crippen LogP contribution in [-0.2, 0) is 21.5 Å². The van der Waals surface area contributed by atoms with Gasteiger partial charge in [0.1, 0.15) is 6.54 Å². The highest BCUT2D eigenvalue weighted by atomic mass is 35.5. The number of H-pyrrole nitrogens is 1. The van der Waals surface area contributed by atoms with Gasteiger partial charge in [0, 0.05) is 22.5 Å². The Kier molecular flexibility index (Phi) is 3.99. The first-order chi connectivity index (χ1) is 14.0. The molecule has 3 aromatic rings. The van der Waals surface area contributed by atoms with Gasteiger partial charge < -0.3 is 9.88 Å². The summed E-state index contributed by atoms with van der Waals surface area (Å²) in [6, 6.07) is 15.1. The van der Waals surface area contributed by atoms with Gasteiger partial charge in [0.25, 0.3) is 5.91 Å². The number of fused-ring (bicyclic) bond motifs is 5. The molecule has 2 aliphatic rings. The lowest BCUT2D eigenvalue weighted by molar-refractivity contribution is -0.165. The molecule has 1 unspecified atom stereocenters. The molecule has 2 aliphatic heterocycles. The molecular formula is C22H19ClN4O2. The van der Waals surface area contributed by atoms with Crippen LogP contribution in [0.2, 0.25) is 5.02 Å². The first kappa shape index (κ1) is 17.9. The average molecular weight is 407 g/mol. The van der Waals surface area contributed by atoms with E-state index in [2.05, 4.69) is 16.2 Å². The van der Waals surface area contributed by atoms with Crippen LogP contribution in [0.15, 0.2) is 53.6 Å². The molecule has 7 heteroatoms. The third-order valence-electron chi connectivity index (χ3n) is 5.88. The van der Waals surface area contributed by atoms with Crippen molar-refractivity contribution in [1.29, 1.82) is 0 Å². The van der Waals surface area contributed by atoms with Crippen LogP contribution in [0.25, 0.3) is 10.9 Å². The minimum atomic E-state index is -1.10. The summed E-state index contributed by atoms with van der Waals surface area (Å²) in [6.45, 7) is 2.27. The molecule has 2 amide bonds. The van der Waals surface area contributed by atoms with Gasteiger partial charge in [0.05, 0.1) is 11.9 Å². The van der Waals surface area contributed by atoms with Gasteiger partial charge in [0.15, 0.2) is 5.54 Å². The highest BCUT2D eigenvalue weighted by Crippen LogP contribution is 2.41. The summed E-state index contributed by atoms with van der Waals surface area (Å²) in [4.78, 5) is 31.5. The van der Waals surface area contributed by atoms with Crippen molar-refractivity contribution in [2.24, 2.45) is 5.10 Å². The second-order valence-corrected chi connectivity index (χ2v) is 7.99. The van der Waals surface area contributed by atoms with Crippen LogP contribution in [0.4, 0.5) is 0 Å². The van der Waals surface area contributed by atoms with Crippen LogP contribution in [0.3, 0.4) is 0 Å². The molecule has 29 heavy (non-hydrogen) atoms. The number of aromatic amines is 1. The lowest BCUT2D eigenvalue weighted by Crippen LogP contribution is -2.65. The first-order valence-corrected chi connectivity index (χ1v) is 9.88. The molecule has 0 bridgehead atoms. The molecule has 1 saturated heterocycles. The van der Waals surface area contributed by atoms with Gasteiger partial charge in [-0.3, -0.25) is 9.59 Å². The van der Waals surface area contributed by atoms with Crippen LogP contribution >= 0.6 is 11.6 Å². The number of hydrazone groups is 1. The van der Waals surface area contributed by atoms with Crippen LogP contribution in [-0.4, -0.2) is 46.0 Å². The number of hydrogen-bond acceptors (Lipinski definition) is 3. The minimum Gasteiger partial charge on any atom is -0.356 e. The van der Waals surface area contributed by atoms with Crippen molar-refractivity contribution >= 4 is 40.5 Å². The lowest BCUT2D eigenvalue weighted by Gasteiger charge is -2.48. The number of rotatable bonds is 2. The maximum atomic E-state index is 13.5. The predicted molar refractivity (Wildman–Crippen MR) is 112 cm³/mol. The number of carbonyl (C=O) groups excluding carboxylic acids is 2. The molecule has 0 spiro atoms. The van der Waals surface area contributed by atoms with E-state index in [1.54, 1.807) is 23.2 Å². The van der Waals surface area contributed by atoms with Gasteiger partial charge >= 0.3 is 0 Å². The van der Waals surface area contributed by atoms with E-state index in [9.17, 15) is 9.59 Å². The second-order valence-electron chi connectivity index (χ2n) is 7.55. The highest BCUT2D eigenvalue weighted by Gasteiger charge is 2.54. The van der Waals surface area contributed by atoms with Crippen LogP contribution in [0.1, 0.15) is 23.7 Å². The van der Waals surface area contributed by atoms with Gasteiger partial charge in [-0.15, -0.1) is 0 Å². The summed E-state index contributed by atoms with van der Waals surface area (Å²) in [7, 11) is 0. The zero-order valence-electron chi connectivity index (χ0n) is 15.9. The number of carbonyl (C=O) groups is 2. The van der Waals surface area contributed by atoms with Gasteiger partial charge in [-0.1, -0.05) is 41.9 Å². The number of amides is 2. The van der Waals surface area contributed by atoms with Crippen molar-refractivity contribution in [3.05, 3.63) is 70.4 Å². The Morgan fingerprint density at radius 3 is 2.69 bits per heavy atom. The molecule has 0 aliphatic carbocycles. The molecule has 0 radical (unpaired) electrons. The molecule has 5 rings (SSSR count). The van der Waals surface area contributed by atoms with Crippen molar-refractivity contribution in [2.45, 2.75) is 18.9 Å². The van der Waals surface area contributed by atoms with Crippen molar-refractivity contribution in [3.8, 4) is 0 Å². The molecule has 1 atom stereocenters. The Morgan fingerprint density at radius 1 is 1.14 bits per heavy atom. The summed E-state index contributed by atoms with van der Waals surface area (Å²) in [5.74, 6) is -0.320. The number of hydrogen-bond donors (Lipinski definition) is 1. The number of nitrogens with one attached hydrogen (secondary N) is 1. The lowest BCUT2D eigenvalue weighted by atomic mass is 9.83. The Labute approximate surface area is 172 Å². The standard InChI is InChI=1S/C22H19ClN4O2/c1-22-20-17(16-4-2-3-5-18(16)25-20)10-11-26(22)19(28)13-27(21(22)29)24-12-14-6-8-15(23)9-7-14/h2-9,12,25H,10-11,13H2,1H3. The summed E-state index contributed by atoms with van der Waals surface area (Å²) in [5.41, 5.74) is 2.57. The molecule has 0 saturated carbocycles. The van der Waals surface area contributed by atoms with E-state index in [0.717, 1.165) is 34.1 Å². The molecule has 146 valence electrons. The van der Waals surface area contributed by atoms with E-state index in [1.165, 1.54) is 5.01 Å². The number of para-hydroxylation sites is 1. The molecule has 6 nitrogen and oxygen atoms in total. The van der Waals surface area contributed by atoms with Crippen LogP contribution in [0.5, 0.6) is 0 Å². The monoisotopic (exact) mass is 406 g/mol. The Balaban J connectivity index is 1.56. The van der Waals surface area contributed by atoms with Gasteiger partial charge in [-0.05, 0) is 42.7 Å². The Morgan fingerprint density at radius 2 is 1.90 bits per heavy atom.